The number of carbonyl (C=O) groups is 1. The summed E-state index contributed by atoms with van der Waals surface area (Å²) in [6.45, 7) is 0.141. The number of ether oxygens (including phenoxy) is 1. The van der Waals surface area contributed by atoms with E-state index in [-0.39, 0.29) is 28.0 Å². The van der Waals surface area contributed by atoms with Gasteiger partial charge in [0, 0.05) is 5.69 Å². The normalized spacial score (nSPS) is 11.0. The Labute approximate surface area is 193 Å². The number of nitrogens with zero attached hydrogens (tertiary/aromatic N) is 1. The van der Waals surface area contributed by atoms with Crippen molar-refractivity contribution in [2.75, 3.05) is 5.32 Å². The lowest BCUT2D eigenvalue weighted by atomic mass is 10.1. The van der Waals surface area contributed by atoms with E-state index < -0.39 is 5.91 Å². The minimum Gasteiger partial charge on any atom is -0.487 e. The van der Waals surface area contributed by atoms with Gasteiger partial charge >= 0.3 is 0 Å². The van der Waals surface area contributed by atoms with Crippen LogP contribution in [0.5, 0.6) is 5.75 Å². The summed E-state index contributed by atoms with van der Waals surface area (Å²) in [5.74, 6) is -0.568. The first-order valence-electron chi connectivity index (χ1n) is 8.90. The van der Waals surface area contributed by atoms with Crippen LogP contribution in [0.25, 0.3) is 6.08 Å². The highest BCUT2D eigenvalue weighted by Crippen LogP contribution is 2.28. The van der Waals surface area contributed by atoms with Crippen LogP contribution < -0.4 is 10.1 Å². The number of benzene rings is 3. The van der Waals surface area contributed by atoms with E-state index in [1.165, 1.54) is 30.3 Å². The summed E-state index contributed by atoms with van der Waals surface area (Å²) in [4.78, 5) is 12.4. The van der Waals surface area contributed by atoms with Gasteiger partial charge in [0.05, 0.1) is 15.1 Å². The van der Waals surface area contributed by atoms with Crippen molar-refractivity contribution in [2.45, 2.75) is 6.61 Å². The molecule has 0 atom stereocenters. The predicted molar refractivity (Wildman–Crippen MR) is 121 cm³/mol. The van der Waals surface area contributed by atoms with Gasteiger partial charge in [0.2, 0.25) is 0 Å². The van der Waals surface area contributed by atoms with Gasteiger partial charge in [-0.05, 0) is 59.7 Å². The molecule has 3 aromatic carbocycles. The quantitative estimate of drug-likeness (QED) is 0.311. The fraction of sp³-hybridized carbons (Fsp3) is 0.0435. The first-order chi connectivity index (χ1) is 14.9. The summed E-state index contributed by atoms with van der Waals surface area (Å²) in [5.41, 5.74) is 1.46. The molecule has 0 aliphatic rings. The molecular weight excluding hydrogens is 462 g/mol. The lowest BCUT2D eigenvalue weighted by Gasteiger charge is -2.09. The Morgan fingerprint density at radius 2 is 1.84 bits per heavy atom. The van der Waals surface area contributed by atoms with Crippen molar-refractivity contribution in [1.82, 2.24) is 0 Å². The lowest BCUT2D eigenvalue weighted by Crippen LogP contribution is -2.13. The number of nitrogens with one attached hydrogen (secondary N) is 1. The zero-order valence-electron chi connectivity index (χ0n) is 15.8. The fourth-order valence-corrected chi connectivity index (χ4v) is 3.14. The molecule has 1 amide bonds. The summed E-state index contributed by atoms with van der Waals surface area (Å²) in [6.07, 6.45) is 1.40. The maximum Gasteiger partial charge on any atom is 0.266 e. The maximum absolute atomic E-state index is 13.3. The number of halogens is 4. The molecular formula is C23H14Cl3FN2O2. The molecule has 0 aromatic heterocycles. The molecule has 0 heterocycles. The second-order valence-corrected chi connectivity index (χ2v) is 7.58. The van der Waals surface area contributed by atoms with E-state index >= 15 is 0 Å². The molecule has 0 unspecified atom stereocenters. The average molecular weight is 476 g/mol. The number of carbonyl (C=O) groups excluding carboxylic acids is 1. The van der Waals surface area contributed by atoms with Gasteiger partial charge in [0.15, 0.2) is 0 Å². The highest BCUT2D eigenvalue weighted by Gasteiger charge is 2.11. The van der Waals surface area contributed by atoms with Crippen LogP contribution in [0.15, 0.2) is 66.2 Å². The largest absolute Gasteiger partial charge is 0.487 e. The van der Waals surface area contributed by atoms with E-state index in [1.54, 1.807) is 36.4 Å². The van der Waals surface area contributed by atoms with E-state index in [2.05, 4.69) is 5.32 Å². The maximum atomic E-state index is 13.3. The molecule has 1 N–H and O–H groups in total. The van der Waals surface area contributed by atoms with Crippen molar-refractivity contribution in [2.24, 2.45) is 0 Å². The van der Waals surface area contributed by atoms with Crippen molar-refractivity contribution in [3.05, 3.63) is 98.2 Å². The molecule has 3 aromatic rings. The van der Waals surface area contributed by atoms with E-state index in [1.807, 2.05) is 6.07 Å². The van der Waals surface area contributed by atoms with Crippen molar-refractivity contribution in [1.29, 1.82) is 5.26 Å². The number of hydrogen-bond acceptors (Lipinski definition) is 3. The Kier molecular flexibility index (Phi) is 7.54. The number of anilines is 1. The molecule has 0 saturated heterocycles. The second kappa shape index (κ2) is 10.3. The van der Waals surface area contributed by atoms with Crippen molar-refractivity contribution in [3.63, 3.8) is 0 Å². The molecule has 0 radical (unpaired) electrons. The molecule has 0 saturated carbocycles. The van der Waals surface area contributed by atoms with E-state index in [0.29, 0.717) is 27.6 Å². The highest BCUT2D eigenvalue weighted by molar-refractivity contribution is 6.42. The second-order valence-electron chi connectivity index (χ2n) is 6.36. The number of nitriles is 1. The standard InChI is InChI=1S/C23H14Cl3FN2O2/c24-19-6-5-18(11-20(19)25)29-23(30)16(12-28)8-14-4-7-22(21(26)10-14)31-13-15-2-1-3-17(27)9-15/h1-11H,13H2,(H,29,30)/b16-8+. The third kappa shape index (κ3) is 6.22. The molecule has 0 spiro atoms. The SMILES string of the molecule is N#C/C(=C\c1ccc(OCc2cccc(F)c2)c(Cl)c1)C(=O)Nc1ccc(Cl)c(Cl)c1. The van der Waals surface area contributed by atoms with Gasteiger partial charge in [-0.1, -0.05) is 53.0 Å². The predicted octanol–water partition coefficient (Wildman–Crippen LogP) is 6.91. The van der Waals surface area contributed by atoms with Crippen LogP contribution in [-0.2, 0) is 11.4 Å². The van der Waals surface area contributed by atoms with Crippen molar-refractivity contribution < 1.29 is 13.9 Å². The van der Waals surface area contributed by atoms with Gasteiger partial charge in [-0.3, -0.25) is 4.79 Å². The van der Waals surface area contributed by atoms with Gasteiger partial charge < -0.3 is 10.1 Å². The summed E-state index contributed by atoms with van der Waals surface area (Å²) < 4.78 is 18.9. The number of hydrogen-bond donors (Lipinski definition) is 1. The van der Waals surface area contributed by atoms with Crippen LogP contribution in [0, 0.1) is 17.1 Å². The molecule has 8 heteroatoms. The molecule has 0 aliphatic heterocycles. The molecule has 0 aliphatic carbocycles. The third-order valence-electron chi connectivity index (χ3n) is 4.09. The summed E-state index contributed by atoms with van der Waals surface area (Å²) >= 11 is 18.1. The molecule has 3 rings (SSSR count). The van der Waals surface area contributed by atoms with Gasteiger partial charge in [0.1, 0.15) is 29.8 Å². The van der Waals surface area contributed by atoms with Crippen molar-refractivity contribution in [3.8, 4) is 11.8 Å². The first-order valence-corrected chi connectivity index (χ1v) is 10.0. The Balaban J connectivity index is 1.71. The fourth-order valence-electron chi connectivity index (χ4n) is 2.60. The van der Waals surface area contributed by atoms with E-state index in [4.69, 9.17) is 39.5 Å². The molecule has 31 heavy (non-hydrogen) atoms. The number of amides is 1. The zero-order valence-corrected chi connectivity index (χ0v) is 18.1. The van der Waals surface area contributed by atoms with Crippen LogP contribution in [0.4, 0.5) is 10.1 Å². The van der Waals surface area contributed by atoms with Gasteiger partial charge in [-0.25, -0.2) is 4.39 Å². The Hall–Kier alpha value is -3.04. The average Bonchev–Trinajstić information content (AvgIpc) is 2.74. The van der Waals surface area contributed by atoms with Crippen molar-refractivity contribution >= 4 is 52.5 Å². The summed E-state index contributed by atoms with van der Waals surface area (Å²) in [7, 11) is 0. The smallest absolute Gasteiger partial charge is 0.266 e. The van der Waals surface area contributed by atoms with Crippen LogP contribution >= 0.6 is 34.8 Å². The van der Waals surface area contributed by atoms with Gasteiger partial charge in [-0.2, -0.15) is 5.26 Å². The van der Waals surface area contributed by atoms with Crippen LogP contribution in [0.1, 0.15) is 11.1 Å². The minimum absolute atomic E-state index is 0.129. The van der Waals surface area contributed by atoms with Crippen LogP contribution in [-0.4, -0.2) is 5.91 Å². The summed E-state index contributed by atoms with van der Waals surface area (Å²) in [5, 5.41) is 12.9. The lowest BCUT2D eigenvalue weighted by molar-refractivity contribution is -0.112. The molecule has 0 bridgehead atoms. The Bertz CT molecular complexity index is 1210. The molecule has 0 fully saturated rings. The van der Waals surface area contributed by atoms with Gasteiger partial charge in [0.25, 0.3) is 5.91 Å². The van der Waals surface area contributed by atoms with Gasteiger partial charge in [-0.15, -0.1) is 0 Å². The zero-order chi connectivity index (χ0) is 22.4. The molecule has 156 valence electrons. The highest BCUT2D eigenvalue weighted by atomic mass is 35.5. The monoisotopic (exact) mass is 474 g/mol. The first kappa shape index (κ1) is 22.6. The number of rotatable bonds is 6. The Morgan fingerprint density at radius 3 is 2.52 bits per heavy atom. The van der Waals surface area contributed by atoms with Crippen LogP contribution in [0.3, 0.4) is 0 Å². The van der Waals surface area contributed by atoms with E-state index in [9.17, 15) is 14.4 Å². The topological polar surface area (TPSA) is 62.1 Å². The minimum atomic E-state index is -0.608. The Morgan fingerprint density at radius 1 is 1.03 bits per heavy atom. The van der Waals surface area contributed by atoms with Crippen LogP contribution in [0.2, 0.25) is 15.1 Å². The third-order valence-corrected chi connectivity index (χ3v) is 5.13. The molecule has 4 nitrogen and oxygen atoms in total. The summed E-state index contributed by atoms with van der Waals surface area (Å²) in [6, 6.07) is 17.3. The van der Waals surface area contributed by atoms with E-state index in [0.717, 1.165) is 0 Å².